The van der Waals surface area contributed by atoms with Crippen molar-refractivity contribution in [2.24, 2.45) is 0 Å². The molecule has 0 saturated heterocycles. The molecule has 11 rings (SSSR count). The van der Waals surface area contributed by atoms with Gasteiger partial charge in [0.25, 0.3) is 0 Å². The number of rotatable bonds is 4. The van der Waals surface area contributed by atoms with Crippen LogP contribution in [0.5, 0.6) is 0 Å². The molecular weight excluding hydrogens is 649 g/mol. The molecule has 7 aromatic carbocycles. The highest BCUT2D eigenvalue weighted by Crippen LogP contribution is 2.53. The van der Waals surface area contributed by atoms with Crippen LogP contribution in [0.4, 0.5) is 0 Å². The maximum absolute atomic E-state index is 6.67. The molecule has 0 bridgehead atoms. The molecule has 53 heavy (non-hydrogen) atoms. The highest BCUT2D eigenvalue weighted by atomic mass is 16.3. The normalized spacial score (nSPS) is 13.2. The van der Waals surface area contributed by atoms with Crippen LogP contribution in [0.2, 0.25) is 0 Å². The number of para-hydroxylation sites is 1. The van der Waals surface area contributed by atoms with E-state index in [0.717, 1.165) is 44.3 Å². The predicted molar refractivity (Wildman–Crippen MR) is 215 cm³/mol. The second kappa shape index (κ2) is 11.1. The zero-order valence-corrected chi connectivity index (χ0v) is 29.2. The minimum Gasteiger partial charge on any atom is -0.456 e. The summed E-state index contributed by atoms with van der Waals surface area (Å²) in [6.07, 6.45) is 0. The molecular formula is C48H32N4O. The Kier molecular flexibility index (Phi) is 6.23. The fourth-order valence-electron chi connectivity index (χ4n) is 8.51. The van der Waals surface area contributed by atoms with Gasteiger partial charge in [0.15, 0.2) is 17.5 Å². The summed E-state index contributed by atoms with van der Waals surface area (Å²) < 4.78 is 9.06. The van der Waals surface area contributed by atoms with Crippen molar-refractivity contribution in [1.29, 1.82) is 0 Å². The molecule has 0 fully saturated rings. The van der Waals surface area contributed by atoms with Gasteiger partial charge >= 0.3 is 0 Å². The van der Waals surface area contributed by atoms with Crippen molar-refractivity contribution in [1.82, 2.24) is 19.5 Å². The van der Waals surface area contributed by atoms with Crippen LogP contribution in [-0.2, 0) is 5.41 Å². The Morgan fingerprint density at radius 1 is 0.472 bits per heavy atom. The van der Waals surface area contributed by atoms with Gasteiger partial charge in [0.05, 0.1) is 11.0 Å². The fourth-order valence-corrected chi connectivity index (χ4v) is 8.51. The van der Waals surface area contributed by atoms with Crippen molar-refractivity contribution < 1.29 is 4.42 Å². The summed E-state index contributed by atoms with van der Waals surface area (Å²) in [5.74, 6) is 1.86. The van der Waals surface area contributed by atoms with Gasteiger partial charge in [-0.1, -0.05) is 129 Å². The van der Waals surface area contributed by atoms with Gasteiger partial charge in [-0.05, 0) is 58.7 Å². The van der Waals surface area contributed by atoms with E-state index in [1.807, 2.05) is 60.7 Å². The van der Waals surface area contributed by atoms with E-state index in [4.69, 9.17) is 19.4 Å². The van der Waals surface area contributed by atoms with E-state index in [1.165, 1.54) is 44.1 Å². The Hall–Kier alpha value is -6.85. The Labute approximate surface area is 305 Å². The predicted octanol–water partition coefficient (Wildman–Crippen LogP) is 12.2. The molecule has 250 valence electrons. The monoisotopic (exact) mass is 680 g/mol. The molecule has 0 spiro atoms. The minimum absolute atomic E-state index is 0.0666. The van der Waals surface area contributed by atoms with Gasteiger partial charge in [0.2, 0.25) is 0 Å². The van der Waals surface area contributed by atoms with Crippen molar-refractivity contribution >= 4 is 43.7 Å². The Balaban J connectivity index is 1.07. The first-order valence-corrected chi connectivity index (χ1v) is 18.0. The number of nitrogens with zero attached hydrogens (tertiary/aromatic N) is 4. The average Bonchev–Trinajstić information content (AvgIpc) is 3.83. The molecule has 10 aromatic rings. The van der Waals surface area contributed by atoms with Crippen LogP contribution in [0, 0.1) is 0 Å². The number of hydrogen-bond donors (Lipinski definition) is 0. The summed E-state index contributed by atoms with van der Waals surface area (Å²) in [5, 5.41) is 4.67. The van der Waals surface area contributed by atoms with Crippen LogP contribution < -0.4 is 0 Å². The summed E-state index contributed by atoms with van der Waals surface area (Å²) in [5.41, 5.74) is 13.2. The summed E-state index contributed by atoms with van der Waals surface area (Å²) in [4.78, 5) is 14.8. The molecule has 0 atom stereocenters. The first-order valence-electron chi connectivity index (χ1n) is 18.0. The summed E-state index contributed by atoms with van der Waals surface area (Å²) >= 11 is 0. The Morgan fingerprint density at radius 3 is 1.81 bits per heavy atom. The van der Waals surface area contributed by atoms with E-state index in [-0.39, 0.29) is 5.41 Å². The zero-order valence-electron chi connectivity index (χ0n) is 29.2. The van der Waals surface area contributed by atoms with Crippen LogP contribution in [0.25, 0.3) is 94.7 Å². The SMILES string of the molecule is CC1(C)c2ccccc2-c2c1ccc1c2c2ccccc2n1-c1ccc2c(c1)oc1cc(-c3nc(-c4ccccc4)nc(-c4ccccc4)n3)ccc12. The number of benzene rings is 7. The van der Waals surface area contributed by atoms with Crippen molar-refractivity contribution in [3.63, 3.8) is 0 Å². The van der Waals surface area contributed by atoms with E-state index in [1.54, 1.807) is 0 Å². The van der Waals surface area contributed by atoms with Crippen LogP contribution in [0.15, 0.2) is 162 Å². The topological polar surface area (TPSA) is 56.7 Å². The van der Waals surface area contributed by atoms with Crippen LogP contribution in [0.3, 0.4) is 0 Å². The van der Waals surface area contributed by atoms with Crippen molar-refractivity contribution in [3.05, 3.63) is 169 Å². The smallest absolute Gasteiger partial charge is 0.164 e. The molecule has 1 aliphatic rings. The summed E-state index contributed by atoms with van der Waals surface area (Å²) in [6, 6.07) is 55.2. The lowest BCUT2D eigenvalue weighted by molar-refractivity contribution is 0.661. The first-order chi connectivity index (χ1) is 26.0. The molecule has 0 amide bonds. The van der Waals surface area contributed by atoms with Gasteiger partial charge in [-0.2, -0.15) is 0 Å². The van der Waals surface area contributed by atoms with Gasteiger partial charge < -0.3 is 8.98 Å². The van der Waals surface area contributed by atoms with E-state index in [0.29, 0.717) is 17.5 Å². The van der Waals surface area contributed by atoms with Crippen LogP contribution >= 0.6 is 0 Å². The van der Waals surface area contributed by atoms with Gasteiger partial charge in [-0.25, -0.2) is 15.0 Å². The minimum atomic E-state index is -0.0666. The molecule has 0 unspecified atom stereocenters. The highest BCUT2D eigenvalue weighted by molar-refractivity contribution is 6.18. The van der Waals surface area contributed by atoms with Gasteiger partial charge in [-0.15, -0.1) is 0 Å². The van der Waals surface area contributed by atoms with Gasteiger partial charge in [0, 0.05) is 55.4 Å². The van der Waals surface area contributed by atoms with Crippen molar-refractivity contribution in [3.8, 4) is 51.0 Å². The summed E-state index contributed by atoms with van der Waals surface area (Å²) in [6.45, 7) is 4.68. The lowest BCUT2D eigenvalue weighted by Crippen LogP contribution is -2.14. The number of hydrogen-bond acceptors (Lipinski definition) is 4. The Bertz CT molecular complexity index is 3020. The largest absolute Gasteiger partial charge is 0.456 e. The second-order valence-corrected chi connectivity index (χ2v) is 14.4. The molecule has 1 aliphatic carbocycles. The molecule has 0 N–H and O–H groups in total. The van der Waals surface area contributed by atoms with E-state index in [2.05, 4.69) is 115 Å². The lowest BCUT2D eigenvalue weighted by Gasteiger charge is -2.21. The quantitative estimate of drug-likeness (QED) is 0.186. The maximum Gasteiger partial charge on any atom is 0.164 e. The van der Waals surface area contributed by atoms with E-state index >= 15 is 0 Å². The van der Waals surface area contributed by atoms with Crippen LogP contribution in [0.1, 0.15) is 25.0 Å². The standard InChI is InChI=1S/C48H32N4O/c1-48(2)37-19-11-9-17-35(37)43-38(48)25-26-40-44(43)36-18-10-12-20-39(36)52(40)32-22-24-34-33-23-21-31(27-41(33)53-42(34)28-32)47-50-45(29-13-5-3-6-14-29)49-46(51-47)30-15-7-4-8-16-30/h3-28H,1-2H3. The first kappa shape index (κ1) is 29.8. The number of furan rings is 1. The molecule has 3 aromatic heterocycles. The average molecular weight is 681 g/mol. The van der Waals surface area contributed by atoms with Gasteiger partial charge in [-0.3, -0.25) is 0 Å². The third kappa shape index (κ3) is 4.40. The van der Waals surface area contributed by atoms with E-state index in [9.17, 15) is 0 Å². The number of aromatic nitrogens is 4. The van der Waals surface area contributed by atoms with Crippen molar-refractivity contribution in [2.75, 3.05) is 0 Å². The zero-order chi connectivity index (χ0) is 35.3. The molecule has 3 heterocycles. The molecule has 0 saturated carbocycles. The molecule has 5 nitrogen and oxygen atoms in total. The van der Waals surface area contributed by atoms with Gasteiger partial charge in [0.1, 0.15) is 11.2 Å². The Morgan fingerprint density at radius 2 is 1.08 bits per heavy atom. The molecule has 5 heteroatoms. The maximum atomic E-state index is 6.67. The second-order valence-electron chi connectivity index (χ2n) is 14.4. The highest BCUT2D eigenvalue weighted by Gasteiger charge is 2.37. The van der Waals surface area contributed by atoms with Crippen LogP contribution in [-0.4, -0.2) is 19.5 Å². The molecule has 0 radical (unpaired) electrons. The summed E-state index contributed by atoms with van der Waals surface area (Å²) in [7, 11) is 0. The third-order valence-corrected chi connectivity index (χ3v) is 11.1. The van der Waals surface area contributed by atoms with E-state index < -0.39 is 0 Å². The van der Waals surface area contributed by atoms with Crippen molar-refractivity contribution in [2.45, 2.75) is 19.3 Å². The molecule has 0 aliphatic heterocycles. The number of fused-ring (bicyclic) bond motifs is 10. The third-order valence-electron chi connectivity index (χ3n) is 11.1. The lowest BCUT2D eigenvalue weighted by atomic mass is 9.82. The fraction of sp³-hybridized carbons (Fsp3) is 0.0625.